The molecule has 2 rings (SSSR count). The van der Waals surface area contributed by atoms with Crippen molar-refractivity contribution in [3.05, 3.63) is 41.5 Å². The van der Waals surface area contributed by atoms with Crippen LogP contribution in [0.15, 0.2) is 36.0 Å². The number of thiophene rings is 1. The first kappa shape index (κ1) is 10.4. The molecule has 0 aromatic carbocycles. The largest absolute Gasteiger partial charge is 0.264 e. The number of pyridine rings is 1. The minimum atomic E-state index is 1.14. The molecule has 0 N–H and O–H groups in total. The molecule has 0 amide bonds. The fraction of sp³-hybridized carbons (Fsp3) is 0.308. The molecule has 0 aliphatic carbocycles. The summed E-state index contributed by atoms with van der Waals surface area (Å²) in [5, 5.41) is 2.11. The van der Waals surface area contributed by atoms with Gasteiger partial charge in [0.1, 0.15) is 0 Å². The highest BCUT2D eigenvalue weighted by molar-refractivity contribution is 7.13. The van der Waals surface area contributed by atoms with Crippen molar-refractivity contribution in [2.24, 2.45) is 0 Å². The molecule has 2 heterocycles. The maximum absolute atomic E-state index is 4.30. The van der Waals surface area contributed by atoms with E-state index < -0.39 is 0 Å². The third-order valence-electron chi connectivity index (χ3n) is 2.42. The molecule has 0 atom stereocenters. The first-order chi connectivity index (χ1) is 7.40. The molecule has 0 bridgehead atoms. The van der Waals surface area contributed by atoms with Gasteiger partial charge in [-0.1, -0.05) is 19.4 Å². The number of hydrogen-bond acceptors (Lipinski definition) is 2. The first-order valence-electron chi connectivity index (χ1n) is 5.38. The Labute approximate surface area is 94.8 Å². The van der Waals surface area contributed by atoms with Crippen LogP contribution in [0.1, 0.15) is 25.3 Å². The summed E-state index contributed by atoms with van der Waals surface area (Å²) < 4.78 is 0. The second-order valence-electron chi connectivity index (χ2n) is 3.66. The van der Waals surface area contributed by atoms with Crippen LogP contribution >= 0.6 is 11.3 Å². The summed E-state index contributed by atoms with van der Waals surface area (Å²) in [5.41, 5.74) is 2.60. The fourth-order valence-corrected chi connectivity index (χ4v) is 2.29. The van der Waals surface area contributed by atoms with Crippen LogP contribution in [0.4, 0.5) is 0 Å². The highest BCUT2D eigenvalue weighted by Crippen LogP contribution is 2.24. The van der Waals surface area contributed by atoms with E-state index in [9.17, 15) is 0 Å². The quantitative estimate of drug-likeness (QED) is 0.749. The van der Waals surface area contributed by atoms with E-state index in [1.807, 2.05) is 12.4 Å². The number of aromatic nitrogens is 1. The van der Waals surface area contributed by atoms with Crippen LogP contribution in [0.25, 0.3) is 10.4 Å². The Balaban J connectivity index is 2.19. The maximum Gasteiger partial charge on any atom is 0.0358 e. The normalized spacial score (nSPS) is 10.5. The number of rotatable bonds is 4. The van der Waals surface area contributed by atoms with Crippen LogP contribution < -0.4 is 0 Å². The van der Waals surface area contributed by atoms with Crippen molar-refractivity contribution in [1.82, 2.24) is 4.98 Å². The monoisotopic (exact) mass is 217 g/mol. The Morgan fingerprint density at radius 1 is 1.33 bits per heavy atom. The summed E-state index contributed by atoms with van der Waals surface area (Å²) in [7, 11) is 0. The van der Waals surface area contributed by atoms with Gasteiger partial charge in [0.2, 0.25) is 0 Å². The van der Waals surface area contributed by atoms with E-state index in [0.29, 0.717) is 0 Å². The van der Waals surface area contributed by atoms with E-state index in [1.54, 1.807) is 11.3 Å². The molecule has 0 aliphatic heterocycles. The number of aryl methyl sites for hydroxylation is 1. The second-order valence-corrected chi connectivity index (χ2v) is 4.61. The minimum Gasteiger partial charge on any atom is -0.264 e. The van der Waals surface area contributed by atoms with Gasteiger partial charge in [-0.25, -0.2) is 0 Å². The smallest absolute Gasteiger partial charge is 0.0358 e. The summed E-state index contributed by atoms with van der Waals surface area (Å²) in [6.45, 7) is 2.22. The Morgan fingerprint density at radius 3 is 3.00 bits per heavy atom. The van der Waals surface area contributed by atoms with Gasteiger partial charge in [0, 0.05) is 22.8 Å². The third-order valence-corrected chi connectivity index (χ3v) is 3.34. The van der Waals surface area contributed by atoms with Gasteiger partial charge in [-0.2, -0.15) is 0 Å². The molecule has 0 unspecified atom stereocenters. The summed E-state index contributed by atoms with van der Waals surface area (Å²) in [4.78, 5) is 5.61. The fourth-order valence-electron chi connectivity index (χ4n) is 1.58. The number of unbranched alkanes of at least 4 members (excludes halogenated alkanes) is 1. The summed E-state index contributed by atoms with van der Waals surface area (Å²) in [6.07, 6.45) is 7.55. The third kappa shape index (κ3) is 2.66. The van der Waals surface area contributed by atoms with Gasteiger partial charge in [-0.3, -0.25) is 4.98 Å². The van der Waals surface area contributed by atoms with Crippen LogP contribution in [0.2, 0.25) is 0 Å². The highest BCUT2D eigenvalue weighted by Gasteiger charge is 2.00. The van der Waals surface area contributed by atoms with Crippen molar-refractivity contribution in [1.29, 1.82) is 0 Å². The SMILES string of the molecule is CCCCc1cncc(-c2cccs2)c1. The molecule has 0 radical (unpaired) electrons. The van der Waals surface area contributed by atoms with Crippen LogP contribution in [-0.4, -0.2) is 4.98 Å². The van der Waals surface area contributed by atoms with Gasteiger partial charge in [0.05, 0.1) is 0 Å². The van der Waals surface area contributed by atoms with Gasteiger partial charge >= 0.3 is 0 Å². The number of nitrogens with zero attached hydrogens (tertiary/aromatic N) is 1. The molecular formula is C13H15NS. The van der Waals surface area contributed by atoms with E-state index in [1.165, 1.54) is 28.8 Å². The molecule has 2 heteroatoms. The van der Waals surface area contributed by atoms with E-state index in [4.69, 9.17) is 0 Å². The maximum atomic E-state index is 4.30. The lowest BCUT2D eigenvalue weighted by Crippen LogP contribution is -1.87. The van der Waals surface area contributed by atoms with Crippen LogP contribution in [0, 0.1) is 0 Å². The van der Waals surface area contributed by atoms with E-state index in [2.05, 4.69) is 35.5 Å². The molecule has 1 nitrogen and oxygen atoms in total. The highest BCUT2D eigenvalue weighted by atomic mass is 32.1. The second kappa shape index (κ2) is 5.08. The summed E-state index contributed by atoms with van der Waals surface area (Å²) >= 11 is 1.77. The van der Waals surface area contributed by atoms with Gasteiger partial charge in [0.25, 0.3) is 0 Å². The lowest BCUT2D eigenvalue weighted by molar-refractivity contribution is 0.792. The standard InChI is InChI=1S/C13H15NS/c1-2-3-5-11-8-12(10-14-9-11)13-6-4-7-15-13/h4,6-10H,2-3,5H2,1H3. The van der Waals surface area contributed by atoms with Gasteiger partial charge in [-0.05, 0) is 35.9 Å². The lowest BCUT2D eigenvalue weighted by atomic mass is 10.1. The van der Waals surface area contributed by atoms with Crippen molar-refractivity contribution < 1.29 is 0 Å². The molecule has 0 spiro atoms. The van der Waals surface area contributed by atoms with Gasteiger partial charge in [-0.15, -0.1) is 11.3 Å². The zero-order valence-electron chi connectivity index (χ0n) is 8.94. The number of hydrogen-bond donors (Lipinski definition) is 0. The van der Waals surface area contributed by atoms with Gasteiger partial charge < -0.3 is 0 Å². The van der Waals surface area contributed by atoms with Gasteiger partial charge in [0.15, 0.2) is 0 Å². The van der Waals surface area contributed by atoms with E-state index in [-0.39, 0.29) is 0 Å². The minimum absolute atomic E-state index is 1.14. The van der Waals surface area contributed by atoms with Crippen LogP contribution in [-0.2, 0) is 6.42 Å². The molecule has 0 saturated carbocycles. The molecule has 0 aliphatic rings. The Hall–Kier alpha value is -1.15. The molecule has 15 heavy (non-hydrogen) atoms. The van der Waals surface area contributed by atoms with Crippen molar-refractivity contribution in [3.63, 3.8) is 0 Å². The Morgan fingerprint density at radius 2 is 2.27 bits per heavy atom. The summed E-state index contributed by atoms with van der Waals surface area (Å²) in [6, 6.07) is 6.48. The molecule has 78 valence electrons. The molecule has 0 fully saturated rings. The first-order valence-corrected chi connectivity index (χ1v) is 6.26. The predicted octanol–water partition coefficient (Wildman–Crippen LogP) is 4.15. The summed E-state index contributed by atoms with van der Waals surface area (Å²) in [5.74, 6) is 0. The van der Waals surface area contributed by atoms with Crippen LogP contribution in [0.3, 0.4) is 0 Å². The average Bonchev–Trinajstić information content (AvgIpc) is 2.80. The molecular weight excluding hydrogens is 202 g/mol. The van der Waals surface area contributed by atoms with Crippen molar-refractivity contribution in [3.8, 4) is 10.4 Å². The Bertz CT molecular complexity index is 406. The Kier molecular flexibility index (Phi) is 3.51. The van der Waals surface area contributed by atoms with Crippen molar-refractivity contribution in [2.75, 3.05) is 0 Å². The van der Waals surface area contributed by atoms with E-state index >= 15 is 0 Å². The predicted molar refractivity (Wildman–Crippen MR) is 66.2 cm³/mol. The average molecular weight is 217 g/mol. The molecule has 0 saturated heterocycles. The van der Waals surface area contributed by atoms with Crippen molar-refractivity contribution >= 4 is 11.3 Å². The zero-order valence-corrected chi connectivity index (χ0v) is 9.76. The van der Waals surface area contributed by atoms with Crippen LogP contribution in [0.5, 0.6) is 0 Å². The molecule has 2 aromatic heterocycles. The lowest BCUT2D eigenvalue weighted by Gasteiger charge is -2.02. The zero-order chi connectivity index (χ0) is 10.5. The topological polar surface area (TPSA) is 12.9 Å². The van der Waals surface area contributed by atoms with Crippen molar-refractivity contribution in [2.45, 2.75) is 26.2 Å². The van der Waals surface area contributed by atoms with E-state index in [0.717, 1.165) is 6.42 Å². The molecule has 2 aromatic rings.